The van der Waals surface area contributed by atoms with Crippen molar-refractivity contribution in [1.82, 2.24) is 9.88 Å². The van der Waals surface area contributed by atoms with Crippen LogP contribution in [0.4, 0.5) is 23.2 Å². The quantitative estimate of drug-likeness (QED) is 0.248. The van der Waals surface area contributed by atoms with Gasteiger partial charge in [-0.3, -0.25) is 9.69 Å². The van der Waals surface area contributed by atoms with Crippen molar-refractivity contribution in [2.24, 2.45) is 0 Å². The smallest absolute Gasteiger partial charge is 0.307 e. The second kappa shape index (κ2) is 10.3. The first-order chi connectivity index (χ1) is 18.1. The van der Waals surface area contributed by atoms with Crippen LogP contribution in [0, 0.1) is 5.82 Å². The molecule has 198 valence electrons. The number of piperidine rings is 1. The number of pyridine rings is 1. The van der Waals surface area contributed by atoms with Crippen LogP contribution in [0.15, 0.2) is 60.8 Å². The first kappa shape index (κ1) is 26.7. The molecule has 2 aliphatic rings. The van der Waals surface area contributed by atoms with E-state index in [1.807, 2.05) is 18.2 Å². The fraction of sp³-hybridized carbons (Fsp3) is 0.286. The minimum atomic E-state index is -4.72. The number of anilines is 1. The third-order valence-corrected chi connectivity index (χ3v) is 7.73. The molecule has 3 heterocycles. The highest BCUT2D eigenvalue weighted by Crippen LogP contribution is 2.48. The van der Waals surface area contributed by atoms with Crippen molar-refractivity contribution < 1.29 is 22.4 Å². The summed E-state index contributed by atoms with van der Waals surface area (Å²) < 4.78 is 52.2. The summed E-state index contributed by atoms with van der Waals surface area (Å²) in [6, 6.07) is 11.7. The number of carbonyl (C=O) groups is 1. The zero-order chi connectivity index (χ0) is 27.1. The van der Waals surface area contributed by atoms with E-state index < -0.39 is 17.6 Å². The molecule has 0 unspecified atom stereocenters. The molecule has 0 N–H and O–H groups in total. The topological polar surface area (TPSA) is 36.4 Å². The Labute approximate surface area is 227 Å². The summed E-state index contributed by atoms with van der Waals surface area (Å²) in [4.78, 5) is 21.4. The molecule has 4 nitrogen and oxygen atoms in total. The molecule has 0 bridgehead atoms. The molecule has 2 aliphatic heterocycles. The average Bonchev–Trinajstić information content (AvgIpc) is 3.17. The van der Waals surface area contributed by atoms with Gasteiger partial charge < -0.3 is 4.90 Å². The number of hydrogen-bond acceptors (Lipinski definition) is 3. The van der Waals surface area contributed by atoms with Gasteiger partial charge in [-0.05, 0) is 79.5 Å². The van der Waals surface area contributed by atoms with Crippen LogP contribution in [0.3, 0.4) is 0 Å². The lowest BCUT2D eigenvalue weighted by Gasteiger charge is -2.39. The normalized spacial score (nSPS) is 17.4. The van der Waals surface area contributed by atoms with Gasteiger partial charge >= 0.3 is 6.18 Å². The van der Waals surface area contributed by atoms with Crippen molar-refractivity contribution >= 4 is 40.9 Å². The number of alkyl halides is 3. The van der Waals surface area contributed by atoms with Gasteiger partial charge in [-0.1, -0.05) is 41.4 Å². The lowest BCUT2D eigenvalue weighted by atomic mass is 9.74. The number of likely N-dealkylation sites (tertiary alicyclic amines) is 1. The first-order valence-corrected chi connectivity index (χ1v) is 12.8. The number of amides is 1. The number of halogens is 6. The molecule has 5 rings (SSSR count). The highest BCUT2D eigenvalue weighted by molar-refractivity contribution is 6.31. The number of carbonyl (C=O) groups excluding carboxylic acids is 1. The zero-order valence-electron chi connectivity index (χ0n) is 20.1. The van der Waals surface area contributed by atoms with Gasteiger partial charge in [0.2, 0.25) is 0 Å². The molecule has 0 radical (unpaired) electrons. The van der Waals surface area contributed by atoms with Gasteiger partial charge in [0.25, 0.3) is 5.91 Å². The van der Waals surface area contributed by atoms with Crippen molar-refractivity contribution in [3.8, 4) is 0 Å². The summed E-state index contributed by atoms with van der Waals surface area (Å²) in [6.07, 6.45) is 1.83. The Balaban J connectivity index is 1.28. The number of benzene rings is 2. The van der Waals surface area contributed by atoms with E-state index >= 15 is 0 Å². The van der Waals surface area contributed by atoms with Gasteiger partial charge in [0.05, 0.1) is 5.56 Å². The Morgan fingerprint density at radius 3 is 2.50 bits per heavy atom. The number of rotatable bonds is 4. The lowest BCUT2D eigenvalue weighted by Crippen LogP contribution is -2.46. The Morgan fingerprint density at radius 2 is 1.82 bits per heavy atom. The summed E-state index contributed by atoms with van der Waals surface area (Å²) in [5.74, 6) is -1.44. The number of fused-ring (bicyclic) bond motifs is 2. The molecule has 38 heavy (non-hydrogen) atoms. The Morgan fingerprint density at radius 1 is 1.05 bits per heavy atom. The molecule has 10 heteroatoms. The highest BCUT2D eigenvalue weighted by Gasteiger charge is 2.46. The van der Waals surface area contributed by atoms with Crippen molar-refractivity contribution in [1.29, 1.82) is 0 Å². The van der Waals surface area contributed by atoms with Crippen LogP contribution in [0.2, 0.25) is 10.2 Å². The molecule has 0 atom stereocenters. The van der Waals surface area contributed by atoms with Crippen LogP contribution >= 0.6 is 23.2 Å². The van der Waals surface area contributed by atoms with E-state index in [9.17, 15) is 22.4 Å². The molecule has 3 aromatic rings. The van der Waals surface area contributed by atoms with Crippen molar-refractivity contribution in [2.45, 2.75) is 24.4 Å². The monoisotopic (exact) mass is 563 g/mol. The van der Waals surface area contributed by atoms with Gasteiger partial charge in [0.15, 0.2) is 0 Å². The summed E-state index contributed by atoms with van der Waals surface area (Å²) in [7, 11) is 0. The maximum absolute atomic E-state index is 13.9. The Kier molecular flexibility index (Phi) is 7.24. The second-order valence-corrected chi connectivity index (χ2v) is 10.5. The van der Waals surface area contributed by atoms with Gasteiger partial charge in [-0.2, -0.15) is 13.2 Å². The minimum absolute atomic E-state index is 0.149. The third kappa shape index (κ3) is 5.30. The van der Waals surface area contributed by atoms with E-state index in [1.54, 1.807) is 29.2 Å². The minimum Gasteiger partial charge on any atom is -0.307 e. The molecule has 1 spiro atoms. The van der Waals surface area contributed by atoms with Crippen molar-refractivity contribution in [3.63, 3.8) is 0 Å². The van der Waals surface area contributed by atoms with Crippen LogP contribution in [0.25, 0.3) is 6.08 Å². The predicted molar refractivity (Wildman–Crippen MR) is 140 cm³/mol. The number of aromatic nitrogens is 1. The third-order valence-electron chi connectivity index (χ3n) is 7.29. The summed E-state index contributed by atoms with van der Waals surface area (Å²) >= 11 is 12.4. The van der Waals surface area contributed by atoms with Crippen LogP contribution in [0.1, 0.15) is 39.9 Å². The van der Waals surface area contributed by atoms with Crippen LogP contribution in [-0.4, -0.2) is 42.0 Å². The number of hydrogen-bond donors (Lipinski definition) is 0. The van der Waals surface area contributed by atoms with Crippen LogP contribution in [-0.2, 0) is 11.6 Å². The number of nitrogens with zero attached hydrogens (tertiary/aromatic N) is 3. The fourth-order valence-corrected chi connectivity index (χ4v) is 5.65. The summed E-state index contributed by atoms with van der Waals surface area (Å²) in [5.41, 5.74) is 1.20. The molecule has 0 saturated carbocycles. The molecule has 1 aromatic heterocycles. The van der Waals surface area contributed by atoms with Crippen molar-refractivity contribution in [2.75, 3.05) is 31.1 Å². The van der Waals surface area contributed by atoms with Crippen LogP contribution < -0.4 is 4.90 Å². The fourth-order valence-electron chi connectivity index (χ4n) is 5.31. The molecule has 2 aromatic carbocycles. The average molecular weight is 564 g/mol. The van der Waals surface area contributed by atoms with Gasteiger partial charge in [0, 0.05) is 41.0 Å². The predicted octanol–water partition coefficient (Wildman–Crippen LogP) is 7.25. The molecular weight excluding hydrogens is 541 g/mol. The second-order valence-electron chi connectivity index (χ2n) is 9.64. The van der Waals surface area contributed by atoms with Gasteiger partial charge in [0.1, 0.15) is 11.0 Å². The first-order valence-electron chi connectivity index (χ1n) is 12.0. The molecule has 1 fully saturated rings. The molecule has 1 amide bonds. The lowest BCUT2D eigenvalue weighted by molar-refractivity contribution is -0.140. The maximum Gasteiger partial charge on any atom is 0.419 e. The van der Waals surface area contributed by atoms with E-state index in [4.69, 9.17) is 23.2 Å². The Bertz CT molecular complexity index is 1400. The largest absolute Gasteiger partial charge is 0.419 e. The highest BCUT2D eigenvalue weighted by atomic mass is 35.5. The molecular formula is C28H23Cl2F4N3O. The maximum atomic E-state index is 13.9. The van der Waals surface area contributed by atoms with E-state index in [2.05, 4.69) is 9.88 Å². The van der Waals surface area contributed by atoms with E-state index in [-0.39, 0.29) is 16.5 Å². The summed E-state index contributed by atoms with van der Waals surface area (Å²) in [6.45, 7) is 2.59. The van der Waals surface area contributed by atoms with Crippen LogP contribution in [0.5, 0.6) is 0 Å². The van der Waals surface area contributed by atoms with E-state index in [0.717, 1.165) is 49.3 Å². The standard InChI is InChI=1S/C28H23Cl2F4N3O/c29-20-4-6-24-22(16-20)27(17-37(24)26(38)19-7-10-35-25(30)15-19)8-12-36(13-9-27)11-1-2-18-3-5-21(23(31)14-18)28(32,33)34/h1-7,10,14-16H,8-9,11-13,17H2/b2-1+. The zero-order valence-corrected chi connectivity index (χ0v) is 21.6. The summed E-state index contributed by atoms with van der Waals surface area (Å²) in [5, 5.41) is 0.861. The van der Waals surface area contributed by atoms with Gasteiger partial charge in [-0.15, -0.1) is 0 Å². The van der Waals surface area contributed by atoms with E-state index in [1.165, 1.54) is 12.3 Å². The van der Waals surface area contributed by atoms with E-state index in [0.29, 0.717) is 29.2 Å². The van der Waals surface area contributed by atoms with Crippen molar-refractivity contribution in [3.05, 3.63) is 99.1 Å². The molecule has 1 saturated heterocycles. The SMILES string of the molecule is O=C(c1ccnc(Cl)c1)N1CC2(CCN(C/C=C/c3ccc(C(F)(F)F)c(F)c3)CC2)c2cc(Cl)ccc21. The Hall–Kier alpha value is -2.94. The van der Waals surface area contributed by atoms with Gasteiger partial charge in [-0.25, -0.2) is 9.37 Å². The molecule has 0 aliphatic carbocycles.